The van der Waals surface area contributed by atoms with Gasteiger partial charge in [0.25, 0.3) is 11.6 Å². The first-order valence-electron chi connectivity index (χ1n) is 6.15. The van der Waals surface area contributed by atoms with Crippen LogP contribution in [0.15, 0.2) is 18.2 Å². The van der Waals surface area contributed by atoms with Crippen molar-refractivity contribution in [2.45, 2.75) is 13.0 Å². The molecule has 1 atom stereocenters. The van der Waals surface area contributed by atoms with Gasteiger partial charge in [0.05, 0.1) is 11.5 Å². The molecule has 0 aliphatic heterocycles. The Bertz CT molecular complexity index is 584. The summed E-state index contributed by atoms with van der Waals surface area (Å²) in [6, 6.07) is 3.70. The SMILES string of the molecule is COC[C@H](C)NC(=S)NNC(=O)c1ccc(Cl)cc1[N+](=O)[O-]. The Labute approximate surface area is 137 Å². The Hall–Kier alpha value is -1.97. The van der Waals surface area contributed by atoms with Crippen LogP contribution in [-0.4, -0.2) is 35.7 Å². The van der Waals surface area contributed by atoms with Gasteiger partial charge in [-0.1, -0.05) is 11.6 Å². The second-order valence-corrected chi connectivity index (χ2v) is 5.17. The lowest BCUT2D eigenvalue weighted by Gasteiger charge is -2.16. The largest absolute Gasteiger partial charge is 0.383 e. The van der Waals surface area contributed by atoms with Crippen LogP contribution in [0.1, 0.15) is 17.3 Å². The van der Waals surface area contributed by atoms with E-state index in [9.17, 15) is 14.9 Å². The number of nitrogens with one attached hydrogen (secondary N) is 3. The highest BCUT2D eigenvalue weighted by molar-refractivity contribution is 7.80. The highest BCUT2D eigenvalue weighted by Crippen LogP contribution is 2.22. The molecule has 3 N–H and O–H groups in total. The predicted octanol–water partition coefficient (Wildman–Crippen LogP) is 1.39. The number of ether oxygens (including phenoxy) is 1. The van der Waals surface area contributed by atoms with E-state index in [-0.39, 0.29) is 21.7 Å². The Kier molecular flexibility index (Phi) is 6.96. The Morgan fingerprint density at radius 1 is 1.50 bits per heavy atom. The number of hydrogen-bond acceptors (Lipinski definition) is 5. The average molecular weight is 347 g/mol. The molecule has 0 saturated carbocycles. The minimum atomic E-state index is -0.702. The van der Waals surface area contributed by atoms with Gasteiger partial charge in [0.15, 0.2) is 5.11 Å². The molecule has 0 fully saturated rings. The van der Waals surface area contributed by atoms with Crippen LogP contribution in [0.5, 0.6) is 0 Å². The Morgan fingerprint density at radius 3 is 2.77 bits per heavy atom. The van der Waals surface area contributed by atoms with Gasteiger partial charge in [-0.3, -0.25) is 25.8 Å². The molecule has 22 heavy (non-hydrogen) atoms. The summed E-state index contributed by atoms with van der Waals surface area (Å²) in [5, 5.41) is 14.1. The van der Waals surface area contributed by atoms with Crippen LogP contribution in [0.4, 0.5) is 5.69 Å². The number of carbonyl (C=O) groups excluding carboxylic acids is 1. The third kappa shape index (κ3) is 5.43. The number of amides is 1. The summed E-state index contributed by atoms with van der Waals surface area (Å²) in [5.41, 5.74) is 4.22. The molecule has 10 heteroatoms. The molecule has 1 rings (SSSR count). The number of carbonyl (C=O) groups is 1. The number of halogens is 1. The zero-order valence-electron chi connectivity index (χ0n) is 11.9. The van der Waals surface area contributed by atoms with Crippen molar-refractivity contribution < 1.29 is 14.5 Å². The zero-order valence-corrected chi connectivity index (χ0v) is 13.5. The maximum absolute atomic E-state index is 12.0. The topological polar surface area (TPSA) is 106 Å². The highest BCUT2D eigenvalue weighted by Gasteiger charge is 2.20. The number of methoxy groups -OCH3 is 1. The zero-order chi connectivity index (χ0) is 16.7. The molecule has 0 saturated heterocycles. The standard InChI is InChI=1S/C12H15ClN4O4S/c1-7(6-21-2)14-12(22)16-15-11(18)9-4-3-8(13)5-10(9)17(19)20/h3-5,7H,6H2,1-2H3,(H,15,18)(H2,14,16,22)/t7-/m0/s1. The number of nitrogens with zero attached hydrogens (tertiary/aromatic N) is 1. The van der Waals surface area contributed by atoms with Crippen LogP contribution in [0.2, 0.25) is 5.02 Å². The van der Waals surface area contributed by atoms with Gasteiger partial charge in [0, 0.05) is 24.2 Å². The van der Waals surface area contributed by atoms with E-state index in [0.29, 0.717) is 6.61 Å². The molecule has 0 aromatic heterocycles. The molecule has 120 valence electrons. The maximum Gasteiger partial charge on any atom is 0.283 e. The van der Waals surface area contributed by atoms with Gasteiger partial charge in [-0.25, -0.2) is 0 Å². The summed E-state index contributed by atoms with van der Waals surface area (Å²) >= 11 is 10.7. The van der Waals surface area contributed by atoms with Crippen molar-refractivity contribution >= 4 is 40.5 Å². The van der Waals surface area contributed by atoms with E-state index < -0.39 is 16.5 Å². The number of hydrogen-bond donors (Lipinski definition) is 3. The molecular formula is C12H15ClN4O4S. The fraction of sp³-hybridized carbons (Fsp3) is 0.333. The van der Waals surface area contributed by atoms with Gasteiger partial charge in [0.2, 0.25) is 0 Å². The van der Waals surface area contributed by atoms with Crippen molar-refractivity contribution in [3.63, 3.8) is 0 Å². The molecule has 8 nitrogen and oxygen atoms in total. The van der Waals surface area contributed by atoms with Crippen LogP contribution in [0.25, 0.3) is 0 Å². The van der Waals surface area contributed by atoms with Crippen molar-refractivity contribution in [2.24, 2.45) is 0 Å². The molecule has 1 aromatic carbocycles. The van der Waals surface area contributed by atoms with Crippen LogP contribution in [-0.2, 0) is 4.74 Å². The lowest BCUT2D eigenvalue weighted by molar-refractivity contribution is -0.385. The van der Waals surface area contributed by atoms with E-state index in [1.54, 1.807) is 7.11 Å². The summed E-state index contributed by atoms with van der Waals surface area (Å²) in [7, 11) is 1.55. The van der Waals surface area contributed by atoms with Gasteiger partial charge in [0.1, 0.15) is 5.56 Å². The molecule has 0 aliphatic carbocycles. The Balaban J connectivity index is 2.66. The first-order chi connectivity index (χ1) is 10.3. The number of hydrazine groups is 1. The van der Waals surface area contributed by atoms with Gasteiger partial charge in [-0.15, -0.1) is 0 Å². The smallest absolute Gasteiger partial charge is 0.283 e. The molecule has 0 bridgehead atoms. The van der Waals surface area contributed by atoms with Crippen molar-refractivity contribution in [3.05, 3.63) is 38.9 Å². The minimum Gasteiger partial charge on any atom is -0.383 e. The van der Waals surface area contributed by atoms with Gasteiger partial charge in [-0.2, -0.15) is 0 Å². The lowest BCUT2D eigenvalue weighted by Crippen LogP contribution is -2.50. The summed E-state index contributed by atoms with van der Waals surface area (Å²) < 4.78 is 4.93. The van der Waals surface area contributed by atoms with Crippen LogP contribution in [0, 0.1) is 10.1 Å². The highest BCUT2D eigenvalue weighted by atomic mass is 35.5. The first kappa shape index (κ1) is 18.1. The van der Waals surface area contributed by atoms with E-state index >= 15 is 0 Å². The number of thiocarbonyl (C=S) groups is 1. The van der Waals surface area contributed by atoms with E-state index in [1.807, 2.05) is 6.92 Å². The van der Waals surface area contributed by atoms with E-state index in [4.69, 9.17) is 28.6 Å². The van der Waals surface area contributed by atoms with E-state index in [0.717, 1.165) is 6.07 Å². The lowest BCUT2D eigenvalue weighted by atomic mass is 10.2. The number of rotatable bonds is 5. The molecule has 0 radical (unpaired) electrons. The maximum atomic E-state index is 12.0. The third-order valence-electron chi connectivity index (χ3n) is 2.48. The quantitative estimate of drug-likeness (QED) is 0.420. The molecule has 0 spiro atoms. The average Bonchev–Trinajstić information content (AvgIpc) is 2.44. The molecular weight excluding hydrogens is 332 g/mol. The van der Waals surface area contributed by atoms with Crippen molar-refractivity contribution in [2.75, 3.05) is 13.7 Å². The molecule has 1 aromatic rings. The van der Waals surface area contributed by atoms with Crippen LogP contribution < -0.4 is 16.2 Å². The van der Waals surface area contributed by atoms with Gasteiger partial charge < -0.3 is 10.1 Å². The number of nitro groups is 1. The van der Waals surface area contributed by atoms with Crippen molar-refractivity contribution in [1.82, 2.24) is 16.2 Å². The minimum absolute atomic E-state index is 0.0632. The number of nitro benzene ring substituents is 1. The molecule has 0 unspecified atom stereocenters. The van der Waals surface area contributed by atoms with Crippen LogP contribution >= 0.6 is 23.8 Å². The van der Waals surface area contributed by atoms with Crippen molar-refractivity contribution in [1.29, 1.82) is 0 Å². The first-order valence-corrected chi connectivity index (χ1v) is 6.93. The van der Waals surface area contributed by atoms with Crippen molar-refractivity contribution in [3.8, 4) is 0 Å². The summed E-state index contributed by atoms with van der Waals surface area (Å²) in [6.07, 6.45) is 0. The molecule has 0 heterocycles. The fourth-order valence-electron chi connectivity index (χ4n) is 1.58. The fourth-order valence-corrected chi connectivity index (χ4v) is 2.00. The number of benzene rings is 1. The van der Waals surface area contributed by atoms with Gasteiger partial charge in [-0.05, 0) is 31.3 Å². The second-order valence-electron chi connectivity index (χ2n) is 4.33. The Morgan fingerprint density at radius 2 is 2.18 bits per heavy atom. The van der Waals surface area contributed by atoms with Gasteiger partial charge >= 0.3 is 0 Å². The predicted molar refractivity (Wildman–Crippen MR) is 85.8 cm³/mol. The third-order valence-corrected chi connectivity index (χ3v) is 2.94. The second kappa shape index (κ2) is 8.47. The van der Waals surface area contributed by atoms with E-state index in [1.165, 1.54) is 12.1 Å². The summed E-state index contributed by atoms with van der Waals surface area (Å²) in [6.45, 7) is 2.27. The summed E-state index contributed by atoms with van der Waals surface area (Å²) in [5.74, 6) is -0.702. The normalized spacial score (nSPS) is 11.4. The molecule has 0 aliphatic rings. The monoisotopic (exact) mass is 346 g/mol. The van der Waals surface area contributed by atoms with E-state index in [2.05, 4.69) is 16.2 Å². The van der Waals surface area contributed by atoms with Crippen LogP contribution in [0.3, 0.4) is 0 Å². The molecule has 1 amide bonds. The summed E-state index contributed by atoms with van der Waals surface area (Å²) in [4.78, 5) is 22.2.